The Morgan fingerprint density at radius 2 is 1.67 bits per heavy atom. The maximum atomic E-state index is 8.90. The van der Waals surface area contributed by atoms with Crippen molar-refractivity contribution in [2.75, 3.05) is 41.7 Å². The number of piperazine rings is 1. The van der Waals surface area contributed by atoms with Gasteiger partial charge >= 0.3 is 0 Å². The summed E-state index contributed by atoms with van der Waals surface area (Å²) >= 11 is 0. The highest BCUT2D eigenvalue weighted by molar-refractivity contribution is 5.54. The lowest BCUT2D eigenvalue weighted by molar-refractivity contribution is 0.639. The summed E-state index contributed by atoms with van der Waals surface area (Å²) in [6.07, 6.45) is 1.63. The molecule has 0 atom stereocenters. The summed E-state index contributed by atoms with van der Waals surface area (Å²) in [7, 11) is 0. The number of rotatable bonds is 2. The molecule has 0 unspecified atom stereocenters. The summed E-state index contributed by atoms with van der Waals surface area (Å²) in [6, 6.07) is 11.6. The van der Waals surface area contributed by atoms with Crippen molar-refractivity contribution in [1.82, 2.24) is 9.97 Å². The van der Waals surface area contributed by atoms with E-state index in [4.69, 9.17) is 11.0 Å². The van der Waals surface area contributed by atoms with Gasteiger partial charge in [0.1, 0.15) is 11.8 Å². The molecule has 0 amide bonds. The third-order valence-electron chi connectivity index (χ3n) is 3.58. The van der Waals surface area contributed by atoms with E-state index in [0.717, 1.165) is 31.9 Å². The van der Waals surface area contributed by atoms with Gasteiger partial charge in [0.05, 0.1) is 0 Å². The monoisotopic (exact) mass is 280 g/mol. The van der Waals surface area contributed by atoms with Crippen LogP contribution in [0.4, 0.5) is 17.3 Å². The number of nitrogen functional groups attached to an aromatic ring is 1. The molecule has 1 aromatic carbocycles. The average molecular weight is 280 g/mol. The normalized spacial score (nSPS) is 14.8. The molecule has 0 spiro atoms. The van der Waals surface area contributed by atoms with Gasteiger partial charge in [-0.1, -0.05) is 0 Å². The van der Waals surface area contributed by atoms with Crippen LogP contribution in [0.25, 0.3) is 0 Å². The molecule has 1 aromatic heterocycles. The molecule has 6 nitrogen and oxygen atoms in total. The van der Waals surface area contributed by atoms with Crippen LogP contribution in [-0.4, -0.2) is 36.1 Å². The molecule has 21 heavy (non-hydrogen) atoms. The van der Waals surface area contributed by atoms with Crippen LogP contribution in [0.15, 0.2) is 36.5 Å². The van der Waals surface area contributed by atoms with Gasteiger partial charge in [0, 0.05) is 43.8 Å². The Morgan fingerprint density at radius 1 is 1.00 bits per heavy atom. The van der Waals surface area contributed by atoms with Crippen molar-refractivity contribution < 1.29 is 0 Å². The van der Waals surface area contributed by atoms with Gasteiger partial charge in [-0.3, -0.25) is 0 Å². The molecule has 3 rings (SSSR count). The zero-order valence-corrected chi connectivity index (χ0v) is 11.6. The first kappa shape index (κ1) is 13.2. The largest absolute Gasteiger partial charge is 0.399 e. The van der Waals surface area contributed by atoms with Gasteiger partial charge in [-0.15, -0.1) is 0 Å². The van der Waals surface area contributed by atoms with Crippen LogP contribution in [0.1, 0.15) is 5.69 Å². The van der Waals surface area contributed by atoms with Gasteiger partial charge in [-0.05, 0) is 30.3 Å². The summed E-state index contributed by atoms with van der Waals surface area (Å²) in [4.78, 5) is 12.9. The van der Waals surface area contributed by atoms with E-state index in [0.29, 0.717) is 11.6 Å². The molecule has 1 fully saturated rings. The third kappa shape index (κ3) is 2.87. The molecule has 0 aliphatic carbocycles. The standard InChI is InChI=1S/C15H16N6/c16-11-13-5-6-18-15(19-13)21-9-7-20(8-10-21)14-3-1-12(17)2-4-14/h1-6H,7-10,17H2. The third-order valence-corrected chi connectivity index (χ3v) is 3.58. The van der Waals surface area contributed by atoms with Crippen molar-refractivity contribution in [3.05, 3.63) is 42.2 Å². The fourth-order valence-electron chi connectivity index (χ4n) is 2.41. The molecule has 2 aromatic rings. The molecule has 2 N–H and O–H groups in total. The minimum atomic E-state index is 0.404. The molecule has 1 aliphatic rings. The van der Waals surface area contributed by atoms with Gasteiger partial charge in [0.2, 0.25) is 5.95 Å². The first-order valence-corrected chi connectivity index (χ1v) is 6.85. The highest BCUT2D eigenvalue weighted by Gasteiger charge is 2.19. The lowest BCUT2D eigenvalue weighted by atomic mass is 10.2. The Morgan fingerprint density at radius 3 is 2.33 bits per heavy atom. The van der Waals surface area contributed by atoms with E-state index in [1.807, 2.05) is 30.3 Å². The van der Waals surface area contributed by atoms with Crippen LogP contribution >= 0.6 is 0 Å². The number of hydrogen-bond acceptors (Lipinski definition) is 6. The van der Waals surface area contributed by atoms with E-state index in [-0.39, 0.29) is 0 Å². The fourth-order valence-corrected chi connectivity index (χ4v) is 2.41. The number of anilines is 3. The minimum Gasteiger partial charge on any atom is -0.399 e. The summed E-state index contributed by atoms with van der Waals surface area (Å²) in [5.41, 5.74) is 8.07. The van der Waals surface area contributed by atoms with E-state index in [1.165, 1.54) is 5.69 Å². The molecule has 1 saturated heterocycles. The van der Waals surface area contributed by atoms with Crippen molar-refractivity contribution in [3.8, 4) is 6.07 Å². The zero-order chi connectivity index (χ0) is 14.7. The lowest BCUT2D eigenvalue weighted by Gasteiger charge is -2.36. The lowest BCUT2D eigenvalue weighted by Crippen LogP contribution is -2.47. The Bertz CT molecular complexity index is 653. The maximum Gasteiger partial charge on any atom is 0.226 e. The number of nitrogens with two attached hydrogens (primary N) is 1. The highest BCUT2D eigenvalue weighted by atomic mass is 15.3. The second-order valence-corrected chi connectivity index (χ2v) is 4.92. The summed E-state index contributed by atoms with van der Waals surface area (Å²) < 4.78 is 0. The minimum absolute atomic E-state index is 0.404. The smallest absolute Gasteiger partial charge is 0.226 e. The summed E-state index contributed by atoms with van der Waals surface area (Å²) in [6.45, 7) is 3.45. The zero-order valence-electron chi connectivity index (χ0n) is 11.6. The number of aromatic nitrogens is 2. The van der Waals surface area contributed by atoms with Crippen LogP contribution in [-0.2, 0) is 0 Å². The second-order valence-electron chi connectivity index (χ2n) is 4.92. The average Bonchev–Trinajstić information content (AvgIpc) is 2.56. The second kappa shape index (κ2) is 5.67. The quantitative estimate of drug-likeness (QED) is 0.834. The SMILES string of the molecule is N#Cc1ccnc(N2CCN(c3ccc(N)cc3)CC2)n1. The van der Waals surface area contributed by atoms with Gasteiger partial charge < -0.3 is 15.5 Å². The first-order valence-electron chi connectivity index (χ1n) is 6.85. The van der Waals surface area contributed by atoms with E-state index < -0.39 is 0 Å². The summed E-state index contributed by atoms with van der Waals surface area (Å²) in [5.74, 6) is 0.631. The molecule has 2 heterocycles. The van der Waals surface area contributed by atoms with Crippen molar-refractivity contribution in [3.63, 3.8) is 0 Å². The fraction of sp³-hybridized carbons (Fsp3) is 0.267. The number of nitrogens with zero attached hydrogens (tertiary/aromatic N) is 5. The molecule has 1 aliphatic heterocycles. The van der Waals surface area contributed by atoms with Crippen molar-refractivity contribution in [2.24, 2.45) is 0 Å². The molecule has 6 heteroatoms. The number of nitriles is 1. The van der Waals surface area contributed by atoms with Crippen molar-refractivity contribution >= 4 is 17.3 Å². The van der Waals surface area contributed by atoms with E-state index in [1.54, 1.807) is 12.3 Å². The van der Waals surface area contributed by atoms with Crippen LogP contribution in [0.5, 0.6) is 0 Å². The van der Waals surface area contributed by atoms with E-state index in [9.17, 15) is 0 Å². The molecule has 0 radical (unpaired) electrons. The molecular formula is C15H16N6. The van der Waals surface area contributed by atoms with Crippen LogP contribution in [0, 0.1) is 11.3 Å². The van der Waals surface area contributed by atoms with Crippen LogP contribution in [0.2, 0.25) is 0 Å². The van der Waals surface area contributed by atoms with Crippen molar-refractivity contribution in [1.29, 1.82) is 5.26 Å². The molecule has 0 saturated carbocycles. The van der Waals surface area contributed by atoms with Gasteiger partial charge in [0.25, 0.3) is 0 Å². The van der Waals surface area contributed by atoms with Gasteiger partial charge in [0.15, 0.2) is 0 Å². The van der Waals surface area contributed by atoms with Crippen LogP contribution < -0.4 is 15.5 Å². The Labute approximate surface area is 123 Å². The Hall–Kier alpha value is -2.81. The van der Waals surface area contributed by atoms with Gasteiger partial charge in [-0.25, -0.2) is 9.97 Å². The molecule has 106 valence electrons. The topological polar surface area (TPSA) is 82.1 Å². The Balaban J connectivity index is 1.67. The number of hydrogen-bond donors (Lipinski definition) is 1. The first-order chi connectivity index (χ1) is 10.3. The van der Waals surface area contributed by atoms with E-state index >= 15 is 0 Å². The van der Waals surface area contributed by atoms with Gasteiger partial charge in [-0.2, -0.15) is 5.26 Å². The maximum absolute atomic E-state index is 8.90. The van der Waals surface area contributed by atoms with E-state index in [2.05, 4.69) is 19.8 Å². The predicted octanol–water partition coefficient (Wildman–Crippen LogP) is 1.26. The van der Waals surface area contributed by atoms with Crippen LogP contribution in [0.3, 0.4) is 0 Å². The van der Waals surface area contributed by atoms with Crippen molar-refractivity contribution in [2.45, 2.75) is 0 Å². The summed E-state index contributed by atoms with van der Waals surface area (Å²) in [5, 5.41) is 8.90. The number of benzene rings is 1. The Kier molecular flexibility index (Phi) is 3.56. The molecule has 0 bridgehead atoms. The predicted molar refractivity (Wildman–Crippen MR) is 82.0 cm³/mol. The highest BCUT2D eigenvalue weighted by Crippen LogP contribution is 2.19. The molecular weight excluding hydrogens is 264 g/mol.